The Morgan fingerprint density at radius 1 is 1.50 bits per heavy atom. The first kappa shape index (κ1) is 7.70. The second kappa shape index (κ2) is 2.33. The lowest BCUT2D eigenvalue weighted by atomic mass is 9.76. The molecule has 10 heavy (non-hydrogen) atoms. The number of halogens is 1. The van der Waals surface area contributed by atoms with Crippen LogP contribution in [0.5, 0.6) is 0 Å². The highest BCUT2D eigenvalue weighted by Gasteiger charge is 2.44. The van der Waals surface area contributed by atoms with Gasteiger partial charge in [-0.15, -0.1) is 0 Å². The van der Waals surface area contributed by atoms with Gasteiger partial charge in [-0.2, -0.15) is 0 Å². The highest BCUT2D eigenvalue weighted by atomic mass is 19.1. The smallest absolute Gasteiger partial charge is 0.172 e. The van der Waals surface area contributed by atoms with Crippen molar-refractivity contribution >= 4 is 5.78 Å². The molecule has 1 aliphatic carbocycles. The molecule has 1 nitrogen and oxygen atoms in total. The molecule has 0 radical (unpaired) electrons. The molecule has 0 atom stereocenters. The molecule has 0 saturated heterocycles. The van der Waals surface area contributed by atoms with E-state index in [1.165, 1.54) is 0 Å². The largest absolute Gasteiger partial charge is 0.296 e. The summed E-state index contributed by atoms with van der Waals surface area (Å²) in [5.74, 6) is -0.357. The van der Waals surface area contributed by atoms with Crippen LogP contribution in [0, 0.1) is 5.92 Å². The van der Waals surface area contributed by atoms with Gasteiger partial charge in [0.2, 0.25) is 0 Å². The van der Waals surface area contributed by atoms with Gasteiger partial charge in [0.1, 0.15) is 0 Å². The van der Waals surface area contributed by atoms with Crippen LogP contribution in [0.25, 0.3) is 0 Å². The summed E-state index contributed by atoms with van der Waals surface area (Å²) >= 11 is 0. The number of carbonyl (C=O) groups excluding carboxylic acids is 1. The molecular weight excluding hydrogens is 131 g/mol. The van der Waals surface area contributed by atoms with Crippen LogP contribution in [0.15, 0.2) is 0 Å². The zero-order valence-corrected chi connectivity index (χ0v) is 6.48. The zero-order valence-electron chi connectivity index (χ0n) is 6.48. The molecule has 58 valence electrons. The van der Waals surface area contributed by atoms with E-state index in [4.69, 9.17) is 0 Å². The Morgan fingerprint density at radius 3 is 2.10 bits per heavy atom. The van der Waals surface area contributed by atoms with Crippen molar-refractivity contribution in [2.75, 3.05) is 0 Å². The van der Waals surface area contributed by atoms with Gasteiger partial charge in [-0.1, -0.05) is 13.8 Å². The van der Waals surface area contributed by atoms with Gasteiger partial charge in [0, 0.05) is 5.92 Å². The summed E-state index contributed by atoms with van der Waals surface area (Å²) in [6.45, 7) is 3.50. The van der Waals surface area contributed by atoms with Crippen LogP contribution in [-0.4, -0.2) is 11.5 Å². The standard InChI is InChI=1S/C8H13FO/c1-6(2)7(10)8(9)4-3-5-8/h6H,3-5H2,1-2H3. The van der Waals surface area contributed by atoms with Crippen molar-refractivity contribution < 1.29 is 9.18 Å². The molecule has 0 aromatic carbocycles. The lowest BCUT2D eigenvalue weighted by Gasteiger charge is -2.33. The van der Waals surface area contributed by atoms with Crippen molar-refractivity contribution in [3.05, 3.63) is 0 Å². The number of ketones is 1. The fourth-order valence-electron chi connectivity index (χ4n) is 1.25. The van der Waals surface area contributed by atoms with E-state index < -0.39 is 5.67 Å². The molecule has 1 rings (SSSR count). The van der Waals surface area contributed by atoms with Crippen molar-refractivity contribution in [1.82, 2.24) is 0 Å². The summed E-state index contributed by atoms with van der Waals surface area (Å²) in [4.78, 5) is 11.1. The second-order valence-corrected chi connectivity index (χ2v) is 3.34. The maximum absolute atomic E-state index is 13.2. The first-order valence-electron chi connectivity index (χ1n) is 3.79. The molecule has 1 fully saturated rings. The third-order valence-corrected chi connectivity index (χ3v) is 2.11. The summed E-state index contributed by atoms with van der Waals surface area (Å²) in [5, 5.41) is 0. The number of alkyl halides is 1. The summed E-state index contributed by atoms with van der Waals surface area (Å²) < 4.78 is 13.2. The van der Waals surface area contributed by atoms with Crippen LogP contribution in [0.4, 0.5) is 4.39 Å². The van der Waals surface area contributed by atoms with E-state index in [9.17, 15) is 9.18 Å². The molecule has 0 unspecified atom stereocenters. The first-order valence-corrected chi connectivity index (χ1v) is 3.79. The fraction of sp³-hybridized carbons (Fsp3) is 0.875. The van der Waals surface area contributed by atoms with Crippen LogP contribution in [0.1, 0.15) is 33.1 Å². The molecule has 2 heteroatoms. The number of hydrogen-bond acceptors (Lipinski definition) is 1. The van der Waals surface area contributed by atoms with Crippen LogP contribution in [0.2, 0.25) is 0 Å². The predicted molar refractivity (Wildman–Crippen MR) is 37.5 cm³/mol. The molecule has 1 aliphatic rings. The van der Waals surface area contributed by atoms with E-state index in [0.29, 0.717) is 12.8 Å². The Balaban J connectivity index is 2.55. The SMILES string of the molecule is CC(C)C(=O)C1(F)CCC1. The van der Waals surface area contributed by atoms with Gasteiger partial charge >= 0.3 is 0 Å². The first-order chi connectivity index (χ1) is 4.56. The quantitative estimate of drug-likeness (QED) is 0.580. The van der Waals surface area contributed by atoms with Gasteiger partial charge in [-0.05, 0) is 19.3 Å². The fourth-order valence-corrected chi connectivity index (χ4v) is 1.25. The summed E-state index contributed by atoms with van der Waals surface area (Å²) in [6, 6.07) is 0. The molecule has 0 bridgehead atoms. The van der Waals surface area contributed by atoms with E-state index in [-0.39, 0.29) is 11.7 Å². The Hall–Kier alpha value is -0.400. The molecule has 0 aromatic heterocycles. The topological polar surface area (TPSA) is 17.1 Å². The van der Waals surface area contributed by atoms with Crippen molar-refractivity contribution in [1.29, 1.82) is 0 Å². The maximum Gasteiger partial charge on any atom is 0.172 e. The summed E-state index contributed by atoms with van der Waals surface area (Å²) in [7, 11) is 0. The van der Waals surface area contributed by atoms with Crippen molar-refractivity contribution in [3.8, 4) is 0 Å². The van der Waals surface area contributed by atoms with E-state index >= 15 is 0 Å². The monoisotopic (exact) mass is 144 g/mol. The van der Waals surface area contributed by atoms with Crippen molar-refractivity contribution in [2.24, 2.45) is 5.92 Å². The number of Topliss-reactive ketones (excluding diaryl/α,β-unsaturated/α-hetero) is 1. The molecular formula is C8H13FO. The minimum Gasteiger partial charge on any atom is -0.296 e. The Labute approximate surface area is 60.6 Å². The molecule has 0 aliphatic heterocycles. The highest BCUT2D eigenvalue weighted by Crippen LogP contribution is 2.38. The number of rotatable bonds is 2. The minimum absolute atomic E-state index is 0.148. The van der Waals surface area contributed by atoms with Crippen LogP contribution < -0.4 is 0 Å². The van der Waals surface area contributed by atoms with Crippen LogP contribution in [0.3, 0.4) is 0 Å². The average molecular weight is 144 g/mol. The normalized spacial score (nSPS) is 22.4. The Kier molecular flexibility index (Phi) is 1.80. The van der Waals surface area contributed by atoms with Crippen molar-refractivity contribution in [3.63, 3.8) is 0 Å². The molecule has 0 heterocycles. The Bertz CT molecular complexity index is 147. The number of hydrogen-bond donors (Lipinski definition) is 0. The van der Waals surface area contributed by atoms with Gasteiger partial charge in [-0.25, -0.2) is 4.39 Å². The average Bonchev–Trinajstić information content (AvgIpc) is 1.81. The summed E-state index contributed by atoms with van der Waals surface area (Å²) in [6.07, 6.45) is 1.77. The molecule has 1 saturated carbocycles. The Morgan fingerprint density at radius 2 is 2.00 bits per heavy atom. The van der Waals surface area contributed by atoms with E-state index in [1.807, 2.05) is 0 Å². The number of carbonyl (C=O) groups is 1. The molecule has 0 spiro atoms. The van der Waals surface area contributed by atoms with Gasteiger partial charge in [-0.3, -0.25) is 4.79 Å². The van der Waals surface area contributed by atoms with Crippen LogP contribution in [-0.2, 0) is 4.79 Å². The van der Waals surface area contributed by atoms with E-state index in [2.05, 4.69) is 0 Å². The van der Waals surface area contributed by atoms with Gasteiger partial charge < -0.3 is 0 Å². The van der Waals surface area contributed by atoms with Gasteiger partial charge in [0.05, 0.1) is 0 Å². The van der Waals surface area contributed by atoms with Gasteiger partial charge in [0.25, 0.3) is 0 Å². The minimum atomic E-state index is -1.44. The molecule has 0 amide bonds. The van der Waals surface area contributed by atoms with Crippen LogP contribution >= 0.6 is 0 Å². The van der Waals surface area contributed by atoms with E-state index in [1.54, 1.807) is 13.8 Å². The third-order valence-electron chi connectivity index (χ3n) is 2.11. The van der Waals surface area contributed by atoms with E-state index in [0.717, 1.165) is 6.42 Å². The maximum atomic E-state index is 13.2. The highest BCUT2D eigenvalue weighted by molar-refractivity contribution is 5.89. The lowest BCUT2D eigenvalue weighted by Crippen LogP contribution is -2.43. The zero-order chi connectivity index (χ0) is 7.78. The summed E-state index contributed by atoms with van der Waals surface area (Å²) in [5.41, 5.74) is -1.44. The third kappa shape index (κ3) is 1.07. The molecule has 0 aromatic rings. The van der Waals surface area contributed by atoms with Crippen molar-refractivity contribution in [2.45, 2.75) is 38.8 Å². The molecule has 0 N–H and O–H groups in total. The second-order valence-electron chi connectivity index (χ2n) is 3.34. The van der Waals surface area contributed by atoms with Gasteiger partial charge in [0.15, 0.2) is 11.5 Å². The lowest BCUT2D eigenvalue weighted by molar-refractivity contribution is -0.139. The predicted octanol–water partition coefficient (Wildman–Crippen LogP) is 2.10.